The van der Waals surface area contributed by atoms with Gasteiger partial charge in [0.25, 0.3) is 0 Å². The van der Waals surface area contributed by atoms with Gasteiger partial charge in [-0.15, -0.1) is 11.3 Å². The Kier molecular flexibility index (Phi) is 4.95. The van der Waals surface area contributed by atoms with Crippen LogP contribution < -0.4 is 10.9 Å². The standard InChI is InChI=1S/C16H18ClN3OS/c17-13-8-6-11(7-9-13)14-10-22-16(18-14)20-19-15(21)12-4-2-1-3-5-12/h6-10,12H,1-5H2,(H,18,20)(H,19,21). The molecule has 0 aliphatic heterocycles. The number of aromatic nitrogens is 1. The lowest BCUT2D eigenvalue weighted by Crippen LogP contribution is -2.35. The van der Waals surface area contributed by atoms with Crippen LogP contribution in [0, 0.1) is 5.92 Å². The fourth-order valence-corrected chi connectivity index (χ4v) is 3.47. The van der Waals surface area contributed by atoms with Crippen LogP contribution in [0.25, 0.3) is 11.3 Å². The van der Waals surface area contributed by atoms with E-state index in [1.165, 1.54) is 17.8 Å². The van der Waals surface area contributed by atoms with E-state index >= 15 is 0 Å². The molecule has 1 amide bonds. The topological polar surface area (TPSA) is 54.0 Å². The molecule has 0 radical (unpaired) electrons. The average molecular weight is 336 g/mol. The number of carbonyl (C=O) groups is 1. The maximum Gasteiger partial charge on any atom is 0.241 e. The van der Waals surface area contributed by atoms with Crippen molar-refractivity contribution in [3.63, 3.8) is 0 Å². The summed E-state index contributed by atoms with van der Waals surface area (Å²) in [5.41, 5.74) is 7.58. The Balaban J connectivity index is 1.57. The first-order valence-electron chi connectivity index (χ1n) is 7.50. The van der Waals surface area contributed by atoms with Crippen molar-refractivity contribution in [1.29, 1.82) is 0 Å². The summed E-state index contributed by atoms with van der Waals surface area (Å²) in [7, 11) is 0. The third-order valence-electron chi connectivity index (χ3n) is 3.91. The fraction of sp³-hybridized carbons (Fsp3) is 0.375. The van der Waals surface area contributed by atoms with Gasteiger partial charge in [-0.2, -0.15) is 0 Å². The van der Waals surface area contributed by atoms with E-state index in [4.69, 9.17) is 11.6 Å². The summed E-state index contributed by atoms with van der Waals surface area (Å²) in [5.74, 6) is 0.208. The van der Waals surface area contributed by atoms with Crippen LogP contribution in [0.3, 0.4) is 0 Å². The Morgan fingerprint density at radius 3 is 2.64 bits per heavy atom. The highest BCUT2D eigenvalue weighted by atomic mass is 35.5. The van der Waals surface area contributed by atoms with E-state index in [0.29, 0.717) is 10.2 Å². The van der Waals surface area contributed by atoms with Crippen LogP contribution in [0.2, 0.25) is 5.02 Å². The van der Waals surface area contributed by atoms with Gasteiger partial charge in [-0.25, -0.2) is 4.98 Å². The zero-order chi connectivity index (χ0) is 15.4. The summed E-state index contributed by atoms with van der Waals surface area (Å²) < 4.78 is 0. The number of rotatable bonds is 4. The smallest absolute Gasteiger partial charge is 0.241 e. The van der Waals surface area contributed by atoms with Gasteiger partial charge in [0.05, 0.1) is 5.69 Å². The molecule has 116 valence electrons. The second kappa shape index (κ2) is 7.11. The summed E-state index contributed by atoms with van der Waals surface area (Å²) in [4.78, 5) is 16.6. The molecule has 1 saturated carbocycles. The molecular weight excluding hydrogens is 318 g/mol. The molecular formula is C16H18ClN3OS. The summed E-state index contributed by atoms with van der Waals surface area (Å²) in [6, 6.07) is 7.55. The molecule has 2 aromatic rings. The van der Waals surface area contributed by atoms with E-state index < -0.39 is 0 Å². The van der Waals surface area contributed by atoms with Gasteiger partial charge in [-0.3, -0.25) is 15.6 Å². The van der Waals surface area contributed by atoms with Crippen molar-refractivity contribution in [2.24, 2.45) is 5.92 Å². The average Bonchev–Trinajstić information content (AvgIpc) is 3.03. The number of anilines is 1. The third kappa shape index (κ3) is 3.78. The van der Waals surface area contributed by atoms with Crippen molar-refractivity contribution >= 4 is 34.0 Å². The van der Waals surface area contributed by atoms with Crippen molar-refractivity contribution in [2.75, 3.05) is 5.43 Å². The predicted molar refractivity (Wildman–Crippen MR) is 90.9 cm³/mol. The predicted octanol–water partition coefficient (Wildman–Crippen LogP) is 4.49. The second-order valence-corrected chi connectivity index (χ2v) is 6.79. The first kappa shape index (κ1) is 15.3. The van der Waals surface area contributed by atoms with Crippen LogP contribution in [0.4, 0.5) is 5.13 Å². The molecule has 1 aliphatic carbocycles. The van der Waals surface area contributed by atoms with E-state index in [2.05, 4.69) is 15.8 Å². The molecule has 1 aromatic carbocycles. The number of amides is 1. The minimum absolute atomic E-state index is 0.0722. The number of nitrogens with zero attached hydrogens (tertiary/aromatic N) is 1. The van der Waals surface area contributed by atoms with Crippen molar-refractivity contribution in [3.8, 4) is 11.3 Å². The maximum absolute atomic E-state index is 12.1. The Labute approximate surface area is 138 Å². The number of hydrogen-bond acceptors (Lipinski definition) is 4. The van der Waals surface area contributed by atoms with Crippen molar-refractivity contribution in [3.05, 3.63) is 34.7 Å². The maximum atomic E-state index is 12.1. The van der Waals surface area contributed by atoms with Crippen molar-refractivity contribution < 1.29 is 4.79 Å². The SMILES string of the molecule is O=C(NNc1nc(-c2ccc(Cl)cc2)cs1)C1CCCCC1. The van der Waals surface area contributed by atoms with Gasteiger partial charge in [0.2, 0.25) is 11.0 Å². The lowest BCUT2D eigenvalue weighted by Gasteiger charge is -2.20. The molecule has 22 heavy (non-hydrogen) atoms. The largest absolute Gasteiger partial charge is 0.273 e. The second-order valence-electron chi connectivity index (χ2n) is 5.49. The molecule has 0 saturated heterocycles. The van der Waals surface area contributed by atoms with Crippen LogP contribution in [0.1, 0.15) is 32.1 Å². The monoisotopic (exact) mass is 335 g/mol. The van der Waals surface area contributed by atoms with Crippen molar-refractivity contribution in [2.45, 2.75) is 32.1 Å². The highest BCUT2D eigenvalue weighted by Gasteiger charge is 2.20. The number of hydrazine groups is 1. The number of thiazole rings is 1. The van der Waals surface area contributed by atoms with Crippen LogP contribution in [-0.2, 0) is 4.79 Å². The van der Waals surface area contributed by atoms with Gasteiger partial charge in [0.1, 0.15) is 0 Å². The number of carbonyl (C=O) groups excluding carboxylic acids is 1. The molecule has 1 aromatic heterocycles. The van der Waals surface area contributed by atoms with Gasteiger partial charge in [-0.05, 0) is 25.0 Å². The normalized spacial score (nSPS) is 15.5. The molecule has 0 unspecified atom stereocenters. The summed E-state index contributed by atoms with van der Waals surface area (Å²) >= 11 is 7.35. The molecule has 3 rings (SSSR count). The minimum atomic E-state index is 0.0722. The van der Waals surface area contributed by atoms with E-state index in [0.717, 1.165) is 36.9 Å². The first-order chi connectivity index (χ1) is 10.7. The highest BCUT2D eigenvalue weighted by Crippen LogP contribution is 2.26. The first-order valence-corrected chi connectivity index (χ1v) is 8.75. The van der Waals surface area contributed by atoms with E-state index in [-0.39, 0.29) is 11.8 Å². The Hall–Kier alpha value is -1.59. The zero-order valence-corrected chi connectivity index (χ0v) is 13.7. The Morgan fingerprint density at radius 1 is 1.18 bits per heavy atom. The van der Waals surface area contributed by atoms with E-state index in [1.54, 1.807) is 0 Å². The molecule has 0 atom stereocenters. The molecule has 2 N–H and O–H groups in total. The highest BCUT2D eigenvalue weighted by molar-refractivity contribution is 7.14. The van der Waals surface area contributed by atoms with Crippen molar-refractivity contribution in [1.82, 2.24) is 10.4 Å². The number of halogens is 1. The van der Waals surface area contributed by atoms with Gasteiger partial charge in [-0.1, -0.05) is 43.0 Å². The van der Waals surface area contributed by atoms with Gasteiger partial charge >= 0.3 is 0 Å². The molecule has 6 heteroatoms. The van der Waals surface area contributed by atoms with Crippen LogP contribution in [-0.4, -0.2) is 10.9 Å². The molecule has 1 fully saturated rings. The van der Waals surface area contributed by atoms with E-state index in [9.17, 15) is 4.79 Å². The molecule has 1 aliphatic rings. The summed E-state index contributed by atoms with van der Waals surface area (Å²) in [5, 5.41) is 3.35. The van der Waals surface area contributed by atoms with Crippen LogP contribution in [0.5, 0.6) is 0 Å². The minimum Gasteiger partial charge on any atom is -0.273 e. The van der Waals surface area contributed by atoms with Crippen LogP contribution >= 0.6 is 22.9 Å². The molecule has 0 bridgehead atoms. The number of nitrogens with one attached hydrogen (secondary N) is 2. The van der Waals surface area contributed by atoms with Gasteiger partial charge in [0.15, 0.2) is 0 Å². The zero-order valence-electron chi connectivity index (χ0n) is 12.1. The summed E-state index contributed by atoms with van der Waals surface area (Å²) in [6.45, 7) is 0. The van der Waals surface area contributed by atoms with Gasteiger partial charge in [0, 0.05) is 21.9 Å². The lowest BCUT2D eigenvalue weighted by molar-refractivity contribution is -0.125. The quantitative estimate of drug-likeness (QED) is 0.809. The van der Waals surface area contributed by atoms with Gasteiger partial charge < -0.3 is 0 Å². The molecule has 4 nitrogen and oxygen atoms in total. The number of benzene rings is 1. The third-order valence-corrected chi connectivity index (χ3v) is 4.92. The van der Waals surface area contributed by atoms with Crippen LogP contribution in [0.15, 0.2) is 29.6 Å². The fourth-order valence-electron chi connectivity index (χ4n) is 2.67. The lowest BCUT2D eigenvalue weighted by atomic mass is 9.89. The Morgan fingerprint density at radius 2 is 1.91 bits per heavy atom. The Bertz CT molecular complexity index is 635. The molecule has 0 spiro atoms. The number of hydrogen-bond donors (Lipinski definition) is 2. The molecule has 1 heterocycles. The van der Waals surface area contributed by atoms with E-state index in [1.807, 2.05) is 29.6 Å². The summed E-state index contributed by atoms with van der Waals surface area (Å²) in [6.07, 6.45) is 5.52.